The second-order valence-corrected chi connectivity index (χ2v) is 6.32. The molecule has 3 aromatic rings. The van der Waals surface area contributed by atoms with Crippen molar-refractivity contribution in [3.05, 3.63) is 52.2 Å². The molecule has 146 valence electrons. The zero-order valence-electron chi connectivity index (χ0n) is 15.9. The highest BCUT2D eigenvalue weighted by atomic mass is 16.5. The van der Waals surface area contributed by atoms with Crippen molar-refractivity contribution in [3.8, 4) is 5.69 Å². The van der Waals surface area contributed by atoms with Crippen LogP contribution in [0, 0.1) is 13.8 Å². The lowest BCUT2D eigenvalue weighted by atomic mass is 10.1. The monoisotopic (exact) mass is 383 g/mol. The van der Waals surface area contributed by atoms with Gasteiger partial charge in [0.15, 0.2) is 5.65 Å². The number of carbonyl (C=O) groups excluding carboxylic acids is 2. The summed E-state index contributed by atoms with van der Waals surface area (Å²) in [4.78, 5) is 40.2. The third kappa shape index (κ3) is 3.93. The first kappa shape index (κ1) is 19.3. The summed E-state index contributed by atoms with van der Waals surface area (Å²) in [6.45, 7) is 5.96. The summed E-state index contributed by atoms with van der Waals surface area (Å²) in [6, 6.07) is 5.84. The molecule has 2 heterocycles. The fourth-order valence-electron chi connectivity index (χ4n) is 2.68. The zero-order valence-corrected chi connectivity index (χ0v) is 15.9. The van der Waals surface area contributed by atoms with Crippen molar-refractivity contribution in [1.82, 2.24) is 19.4 Å². The number of esters is 1. The van der Waals surface area contributed by atoms with Gasteiger partial charge < -0.3 is 4.74 Å². The molecule has 9 heteroatoms. The molecule has 1 N–H and O–H groups in total. The first-order valence-electron chi connectivity index (χ1n) is 8.89. The third-order valence-corrected chi connectivity index (χ3v) is 4.33. The second kappa shape index (κ2) is 8.03. The Hall–Kier alpha value is -3.49. The van der Waals surface area contributed by atoms with E-state index in [4.69, 9.17) is 4.74 Å². The number of nitrogens with one attached hydrogen (secondary N) is 1. The number of nitrogens with zero attached hydrogens (tertiary/aromatic N) is 4. The van der Waals surface area contributed by atoms with Crippen LogP contribution in [-0.2, 0) is 14.3 Å². The molecule has 0 unspecified atom stereocenters. The zero-order chi connectivity index (χ0) is 20.3. The first-order valence-corrected chi connectivity index (χ1v) is 8.89. The number of benzene rings is 1. The third-order valence-electron chi connectivity index (χ3n) is 4.33. The Morgan fingerprint density at radius 1 is 1.18 bits per heavy atom. The van der Waals surface area contributed by atoms with Crippen molar-refractivity contribution >= 4 is 22.9 Å². The second-order valence-electron chi connectivity index (χ2n) is 6.32. The molecule has 28 heavy (non-hydrogen) atoms. The Labute approximate surface area is 160 Å². The van der Waals surface area contributed by atoms with Gasteiger partial charge in [0.1, 0.15) is 11.7 Å². The Morgan fingerprint density at radius 3 is 2.68 bits per heavy atom. The van der Waals surface area contributed by atoms with Crippen molar-refractivity contribution in [2.75, 3.05) is 12.0 Å². The maximum absolute atomic E-state index is 12.6. The number of carbonyl (C=O) groups is 2. The summed E-state index contributed by atoms with van der Waals surface area (Å²) in [5, 5.41) is 4.53. The molecule has 2 aromatic heterocycles. The van der Waals surface area contributed by atoms with Crippen LogP contribution in [0.5, 0.6) is 0 Å². The van der Waals surface area contributed by atoms with Gasteiger partial charge in [-0.2, -0.15) is 5.10 Å². The van der Waals surface area contributed by atoms with Crippen LogP contribution in [0.25, 0.3) is 16.7 Å². The molecule has 9 nitrogen and oxygen atoms in total. The number of ether oxygens (including phenoxy) is 1. The highest BCUT2D eigenvalue weighted by Gasteiger charge is 2.14. The molecule has 0 bridgehead atoms. The molecule has 0 aliphatic carbocycles. The van der Waals surface area contributed by atoms with Crippen molar-refractivity contribution in [3.63, 3.8) is 0 Å². The van der Waals surface area contributed by atoms with Crippen LogP contribution in [0.15, 0.2) is 35.5 Å². The largest absolute Gasteiger partial charge is 0.466 e. The summed E-state index contributed by atoms with van der Waals surface area (Å²) < 4.78 is 7.34. The number of aromatic nitrogens is 4. The van der Waals surface area contributed by atoms with E-state index in [1.807, 2.05) is 32.0 Å². The number of amides is 1. The number of aryl methyl sites for hydroxylation is 2. The molecule has 0 fully saturated rings. The average Bonchev–Trinajstić information content (AvgIpc) is 3.10. The van der Waals surface area contributed by atoms with Crippen molar-refractivity contribution in [1.29, 1.82) is 0 Å². The smallest absolute Gasteiger partial charge is 0.306 e. The van der Waals surface area contributed by atoms with Crippen LogP contribution < -0.4 is 11.0 Å². The Balaban J connectivity index is 1.83. The van der Waals surface area contributed by atoms with Crippen LogP contribution in [0.4, 0.5) is 0 Å². The number of rotatable bonds is 6. The molecular formula is C19H21N5O4. The lowest BCUT2D eigenvalue weighted by Crippen LogP contribution is -2.33. The van der Waals surface area contributed by atoms with Gasteiger partial charge in [-0.25, -0.2) is 14.3 Å². The predicted octanol–water partition coefficient (Wildman–Crippen LogP) is 1.61. The van der Waals surface area contributed by atoms with Gasteiger partial charge in [-0.05, 0) is 44.0 Å². The van der Waals surface area contributed by atoms with Crippen LogP contribution in [0.1, 0.15) is 30.9 Å². The maximum atomic E-state index is 12.6. The van der Waals surface area contributed by atoms with Crippen molar-refractivity contribution in [2.45, 2.75) is 33.6 Å². The van der Waals surface area contributed by atoms with Crippen molar-refractivity contribution < 1.29 is 14.3 Å². The Kier molecular flexibility index (Phi) is 5.53. The lowest BCUT2D eigenvalue weighted by Gasteiger charge is -2.09. The molecule has 0 saturated heterocycles. The van der Waals surface area contributed by atoms with Crippen LogP contribution in [0.3, 0.4) is 0 Å². The van der Waals surface area contributed by atoms with Gasteiger partial charge in [0.25, 0.3) is 5.56 Å². The molecule has 0 atom stereocenters. The molecule has 0 radical (unpaired) electrons. The fraction of sp³-hybridized carbons (Fsp3) is 0.316. The maximum Gasteiger partial charge on any atom is 0.306 e. The topological polar surface area (TPSA) is 108 Å². The van der Waals surface area contributed by atoms with E-state index in [2.05, 4.69) is 15.5 Å². The van der Waals surface area contributed by atoms with Gasteiger partial charge in [-0.1, -0.05) is 6.07 Å². The SMILES string of the molecule is CCOC(=O)CCC(=O)Nn1cnc2c(cnn2-c2ccc(C)c(C)c2)c1=O. The van der Waals surface area contributed by atoms with Crippen LogP contribution in [0.2, 0.25) is 0 Å². The summed E-state index contributed by atoms with van der Waals surface area (Å²) >= 11 is 0. The molecule has 1 amide bonds. The normalized spacial score (nSPS) is 10.8. The van der Waals surface area contributed by atoms with E-state index in [1.165, 1.54) is 12.5 Å². The van der Waals surface area contributed by atoms with Crippen LogP contribution in [-0.4, -0.2) is 37.9 Å². The predicted molar refractivity (Wildman–Crippen MR) is 103 cm³/mol. The number of hydrogen-bond acceptors (Lipinski definition) is 6. The number of fused-ring (bicyclic) bond motifs is 1. The molecular weight excluding hydrogens is 362 g/mol. The lowest BCUT2D eigenvalue weighted by molar-refractivity contribution is -0.144. The van der Waals surface area contributed by atoms with E-state index < -0.39 is 17.4 Å². The molecule has 1 aromatic carbocycles. The van der Waals surface area contributed by atoms with Gasteiger partial charge in [0, 0.05) is 6.42 Å². The minimum absolute atomic E-state index is 0.0607. The highest BCUT2D eigenvalue weighted by Crippen LogP contribution is 2.17. The molecule has 0 aliphatic rings. The molecule has 0 aliphatic heterocycles. The minimum atomic E-state index is -0.488. The van der Waals surface area contributed by atoms with Gasteiger partial charge in [-0.15, -0.1) is 0 Å². The standard InChI is InChI=1S/C19H21N5O4/c1-4-28-17(26)8-7-16(25)22-23-11-20-18-15(19(23)27)10-21-24(18)14-6-5-12(2)13(3)9-14/h5-6,9-11H,4,7-8H2,1-3H3,(H,22,25). The number of hydrogen-bond donors (Lipinski definition) is 1. The fourth-order valence-corrected chi connectivity index (χ4v) is 2.68. The van der Waals surface area contributed by atoms with E-state index in [9.17, 15) is 14.4 Å². The first-order chi connectivity index (χ1) is 13.4. The van der Waals surface area contributed by atoms with Gasteiger partial charge in [0.2, 0.25) is 5.91 Å². The molecule has 3 rings (SSSR count). The molecule has 0 spiro atoms. The average molecular weight is 383 g/mol. The minimum Gasteiger partial charge on any atom is -0.466 e. The van der Waals surface area contributed by atoms with Crippen molar-refractivity contribution in [2.24, 2.45) is 0 Å². The summed E-state index contributed by atoms with van der Waals surface area (Å²) in [5.74, 6) is -0.953. The Morgan fingerprint density at radius 2 is 1.96 bits per heavy atom. The van der Waals surface area contributed by atoms with Gasteiger partial charge >= 0.3 is 5.97 Å². The summed E-state index contributed by atoms with van der Waals surface area (Å²) in [5.41, 5.74) is 5.41. The van der Waals surface area contributed by atoms with E-state index >= 15 is 0 Å². The van der Waals surface area contributed by atoms with Gasteiger partial charge in [0.05, 0.1) is 24.9 Å². The quantitative estimate of drug-likeness (QED) is 0.648. The molecule has 0 saturated carbocycles. The summed E-state index contributed by atoms with van der Waals surface area (Å²) in [6.07, 6.45) is 2.49. The van der Waals surface area contributed by atoms with E-state index in [0.29, 0.717) is 5.65 Å². The highest BCUT2D eigenvalue weighted by molar-refractivity contribution is 5.87. The van der Waals surface area contributed by atoms with Crippen LogP contribution >= 0.6 is 0 Å². The van der Waals surface area contributed by atoms with Gasteiger partial charge in [-0.3, -0.25) is 19.8 Å². The van der Waals surface area contributed by atoms with E-state index in [-0.39, 0.29) is 24.8 Å². The Bertz CT molecular complexity index is 1100. The van der Waals surface area contributed by atoms with E-state index in [0.717, 1.165) is 21.5 Å². The van der Waals surface area contributed by atoms with E-state index in [1.54, 1.807) is 11.6 Å². The summed E-state index contributed by atoms with van der Waals surface area (Å²) in [7, 11) is 0.